The van der Waals surface area contributed by atoms with Crippen molar-refractivity contribution >= 4 is 34.4 Å². The van der Waals surface area contributed by atoms with Crippen LogP contribution in [0.5, 0.6) is 0 Å². The Balaban J connectivity index is 1.64. The Morgan fingerprint density at radius 1 is 1.04 bits per heavy atom. The van der Waals surface area contributed by atoms with E-state index in [2.05, 4.69) is 51.3 Å². The van der Waals surface area contributed by atoms with Crippen LogP contribution in [0.1, 0.15) is 11.3 Å². The number of H-pyrrole nitrogens is 1. The number of nitrogens with zero attached hydrogens (tertiary/aromatic N) is 3. The molecule has 25 heavy (non-hydrogen) atoms. The second kappa shape index (κ2) is 6.61. The molecule has 5 nitrogen and oxygen atoms in total. The van der Waals surface area contributed by atoms with Crippen LogP contribution in [0.15, 0.2) is 42.5 Å². The van der Waals surface area contributed by atoms with Crippen molar-refractivity contribution in [3.8, 4) is 0 Å². The van der Waals surface area contributed by atoms with Crippen LogP contribution in [0.4, 0.5) is 11.4 Å². The van der Waals surface area contributed by atoms with Crippen LogP contribution in [0, 0.1) is 0 Å². The number of aromatic amines is 1. The number of likely N-dealkylation sites (N-methyl/N-ethyl adjacent to an activating group) is 1. The van der Waals surface area contributed by atoms with Crippen molar-refractivity contribution in [1.29, 1.82) is 0 Å². The van der Waals surface area contributed by atoms with Crippen LogP contribution in [0.25, 0.3) is 23.1 Å². The predicted molar refractivity (Wildman–Crippen MR) is 106 cm³/mol. The number of benzene rings is 2. The Bertz CT molecular complexity index is 889. The summed E-state index contributed by atoms with van der Waals surface area (Å²) in [5, 5.41) is 8.66. The predicted octanol–water partition coefficient (Wildman–Crippen LogP) is 3.07. The maximum Gasteiger partial charge on any atom is 0.0928 e. The van der Waals surface area contributed by atoms with E-state index in [0.29, 0.717) is 0 Å². The van der Waals surface area contributed by atoms with Gasteiger partial charge in [-0.25, -0.2) is 0 Å². The van der Waals surface area contributed by atoms with E-state index in [-0.39, 0.29) is 0 Å². The average molecular weight is 333 g/mol. The first-order chi connectivity index (χ1) is 12.2. The molecule has 4 rings (SSSR count). The number of hydrogen-bond donors (Lipinski definition) is 2. The van der Waals surface area contributed by atoms with Gasteiger partial charge in [-0.1, -0.05) is 36.4 Å². The fraction of sp³-hybridized carbons (Fsp3) is 0.250. The molecular formula is C20H23N5. The normalized spacial score (nSPS) is 16.1. The molecule has 0 spiro atoms. The van der Waals surface area contributed by atoms with E-state index in [0.717, 1.165) is 59.7 Å². The molecule has 1 fully saturated rings. The van der Waals surface area contributed by atoms with Crippen LogP contribution >= 0.6 is 0 Å². The second-order valence-corrected chi connectivity index (χ2v) is 6.60. The summed E-state index contributed by atoms with van der Waals surface area (Å²) >= 11 is 0. The molecular weight excluding hydrogens is 310 g/mol. The zero-order chi connectivity index (χ0) is 17.2. The monoisotopic (exact) mass is 333 g/mol. The van der Waals surface area contributed by atoms with E-state index in [1.807, 2.05) is 30.3 Å². The Hall–Kier alpha value is -2.79. The molecule has 128 valence electrons. The number of rotatable bonds is 3. The van der Waals surface area contributed by atoms with Crippen LogP contribution in [0.3, 0.4) is 0 Å². The molecule has 1 saturated heterocycles. The molecule has 3 N–H and O–H groups in total. The summed E-state index contributed by atoms with van der Waals surface area (Å²) in [6.45, 7) is 4.12. The minimum absolute atomic E-state index is 0.813. The highest BCUT2D eigenvalue weighted by atomic mass is 15.3. The van der Waals surface area contributed by atoms with E-state index in [1.54, 1.807) is 0 Å². The van der Waals surface area contributed by atoms with Gasteiger partial charge in [0.25, 0.3) is 0 Å². The molecule has 5 heteroatoms. The Labute approximate surface area is 147 Å². The van der Waals surface area contributed by atoms with Gasteiger partial charge in [0.2, 0.25) is 0 Å². The second-order valence-electron chi connectivity index (χ2n) is 6.60. The highest BCUT2D eigenvalue weighted by molar-refractivity contribution is 5.95. The summed E-state index contributed by atoms with van der Waals surface area (Å²) < 4.78 is 0. The van der Waals surface area contributed by atoms with E-state index >= 15 is 0 Å². The van der Waals surface area contributed by atoms with Crippen LogP contribution < -0.4 is 10.6 Å². The summed E-state index contributed by atoms with van der Waals surface area (Å²) in [5.74, 6) is 0. The quantitative estimate of drug-likeness (QED) is 0.723. The molecule has 0 radical (unpaired) electrons. The van der Waals surface area contributed by atoms with Gasteiger partial charge in [-0.15, -0.1) is 0 Å². The molecule has 3 aromatic rings. The van der Waals surface area contributed by atoms with E-state index < -0.39 is 0 Å². The fourth-order valence-corrected chi connectivity index (χ4v) is 3.28. The molecule has 1 aliphatic heterocycles. The highest BCUT2D eigenvalue weighted by Crippen LogP contribution is 2.31. The Morgan fingerprint density at radius 2 is 1.80 bits per heavy atom. The zero-order valence-corrected chi connectivity index (χ0v) is 14.4. The third kappa shape index (κ3) is 3.23. The van der Waals surface area contributed by atoms with Gasteiger partial charge < -0.3 is 15.5 Å². The largest absolute Gasteiger partial charge is 0.397 e. The SMILES string of the molecule is CN1CCN(c2cc3[nH]nc(C=Cc4ccccc4)c3cc2N)CC1. The molecule has 0 unspecified atom stereocenters. The zero-order valence-electron chi connectivity index (χ0n) is 14.4. The van der Waals surface area contributed by atoms with Crippen molar-refractivity contribution < 1.29 is 0 Å². The minimum atomic E-state index is 0.813. The first-order valence-electron chi connectivity index (χ1n) is 8.65. The maximum absolute atomic E-state index is 6.37. The molecule has 2 heterocycles. The number of piperazine rings is 1. The van der Waals surface area contributed by atoms with Crippen molar-refractivity contribution in [3.05, 3.63) is 53.7 Å². The average Bonchev–Trinajstić information content (AvgIpc) is 3.03. The van der Waals surface area contributed by atoms with Crippen molar-refractivity contribution in [3.63, 3.8) is 0 Å². The molecule has 1 aliphatic rings. The molecule has 0 bridgehead atoms. The third-order valence-electron chi connectivity index (χ3n) is 4.82. The summed E-state index contributed by atoms with van der Waals surface area (Å²) in [7, 11) is 2.16. The molecule has 0 aliphatic carbocycles. The van der Waals surface area contributed by atoms with Gasteiger partial charge in [0.05, 0.1) is 22.6 Å². The summed E-state index contributed by atoms with van der Waals surface area (Å²) in [6.07, 6.45) is 4.10. The van der Waals surface area contributed by atoms with Gasteiger partial charge in [0.1, 0.15) is 0 Å². The standard InChI is InChI=1S/C20H23N5/c1-24-9-11-25(12-10-24)20-14-19-16(13-17(20)21)18(22-23-19)8-7-15-5-3-2-4-6-15/h2-8,13-14H,9-12,21H2,1H3,(H,22,23). The molecule has 0 atom stereocenters. The Kier molecular flexibility index (Phi) is 4.15. The number of nitrogens with two attached hydrogens (primary N) is 1. The lowest BCUT2D eigenvalue weighted by Gasteiger charge is -2.34. The van der Waals surface area contributed by atoms with Gasteiger partial charge in [-0.3, -0.25) is 5.10 Å². The Morgan fingerprint density at radius 3 is 2.56 bits per heavy atom. The van der Waals surface area contributed by atoms with Gasteiger partial charge >= 0.3 is 0 Å². The van der Waals surface area contributed by atoms with E-state index in [9.17, 15) is 0 Å². The van der Waals surface area contributed by atoms with Crippen LogP contribution in [-0.2, 0) is 0 Å². The minimum Gasteiger partial charge on any atom is -0.397 e. The van der Waals surface area contributed by atoms with Crippen molar-refractivity contribution in [1.82, 2.24) is 15.1 Å². The first kappa shape index (κ1) is 15.7. The van der Waals surface area contributed by atoms with Crippen molar-refractivity contribution in [2.45, 2.75) is 0 Å². The van der Waals surface area contributed by atoms with Gasteiger partial charge in [-0.2, -0.15) is 5.10 Å². The number of hydrogen-bond acceptors (Lipinski definition) is 4. The van der Waals surface area contributed by atoms with Crippen LogP contribution in [0.2, 0.25) is 0 Å². The van der Waals surface area contributed by atoms with E-state index in [1.165, 1.54) is 0 Å². The first-order valence-corrected chi connectivity index (χ1v) is 8.65. The highest BCUT2D eigenvalue weighted by Gasteiger charge is 2.17. The molecule has 1 aromatic heterocycles. The lowest BCUT2D eigenvalue weighted by molar-refractivity contribution is 0.313. The molecule has 0 saturated carbocycles. The van der Waals surface area contributed by atoms with Crippen molar-refractivity contribution in [2.24, 2.45) is 0 Å². The molecule has 2 aromatic carbocycles. The van der Waals surface area contributed by atoms with E-state index in [4.69, 9.17) is 5.73 Å². The van der Waals surface area contributed by atoms with Gasteiger partial charge in [-0.05, 0) is 30.8 Å². The number of aromatic nitrogens is 2. The number of nitrogens with one attached hydrogen (secondary N) is 1. The van der Waals surface area contributed by atoms with Gasteiger partial charge in [0.15, 0.2) is 0 Å². The van der Waals surface area contributed by atoms with Gasteiger partial charge in [0, 0.05) is 31.6 Å². The smallest absolute Gasteiger partial charge is 0.0928 e. The lowest BCUT2D eigenvalue weighted by atomic mass is 10.1. The third-order valence-corrected chi connectivity index (χ3v) is 4.82. The van der Waals surface area contributed by atoms with Crippen molar-refractivity contribution in [2.75, 3.05) is 43.9 Å². The number of fused-ring (bicyclic) bond motifs is 1. The van der Waals surface area contributed by atoms with Crippen LogP contribution in [-0.4, -0.2) is 48.3 Å². The summed E-state index contributed by atoms with van der Waals surface area (Å²) in [6, 6.07) is 14.4. The lowest BCUT2D eigenvalue weighted by Crippen LogP contribution is -2.44. The maximum atomic E-state index is 6.37. The summed E-state index contributed by atoms with van der Waals surface area (Å²) in [4.78, 5) is 4.70. The number of anilines is 2. The summed E-state index contributed by atoms with van der Waals surface area (Å²) in [5.41, 5.74) is 11.4. The number of nitrogen functional groups attached to an aromatic ring is 1. The topological polar surface area (TPSA) is 61.2 Å². The fourth-order valence-electron chi connectivity index (χ4n) is 3.28. The molecule has 0 amide bonds.